The molecule has 2 aromatic rings. The van der Waals surface area contributed by atoms with Crippen molar-refractivity contribution in [1.82, 2.24) is 9.88 Å². The minimum absolute atomic E-state index is 0.0505. The van der Waals surface area contributed by atoms with Crippen LogP contribution in [-0.2, 0) is 6.54 Å². The van der Waals surface area contributed by atoms with Crippen LogP contribution in [0.15, 0.2) is 48.7 Å². The maximum absolute atomic E-state index is 12.5. The summed E-state index contributed by atoms with van der Waals surface area (Å²) in [6.07, 6.45) is 3.63. The van der Waals surface area contributed by atoms with Crippen LogP contribution in [-0.4, -0.2) is 26.9 Å². The Morgan fingerprint density at radius 3 is 2.78 bits per heavy atom. The van der Waals surface area contributed by atoms with Crippen molar-refractivity contribution < 1.29 is 9.72 Å². The van der Waals surface area contributed by atoms with E-state index in [-0.39, 0.29) is 17.8 Å². The van der Waals surface area contributed by atoms with Crippen LogP contribution in [0.4, 0.5) is 16.2 Å². The van der Waals surface area contributed by atoms with E-state index in [4.69, 9.17) is 0 Å². The van der Waals surface area contributed by atoms with Gasteiger partial charge in [0.1, 0.15) is 0 Å². The van der Waals surface area contributed by atoms with Gasteiger partial charge in [0, 0.05) is 30.1 Å². The van der Waals surface area contributed by atoms with Gasteiger partial charge in [-0.15, -0.1) is 0 Å². The number of nitrogens with zero attached hydrogens (tertiary/aromatic N) is 3. The predicted molar refractivity (Wildman–Crippen MR) is 84.9 cm³/mol. The largest absolute Gasteiger partial charge is 0.322 e. The van der Waals surface area contributed by atoms with E-state index in [1.807, 2.05) is 18.2 Å². The lowest BCUT2D eigenvalue weighted by Gasteiger charge is -2.22. The molecule has 1 saturated carbocycles. The van der Waals surface area contributed by atoms with Crippen molar-refractivity contribution in [2.75, 3.05) is 5.32 Å². The van der Waals surface area contributed by atoms with Crippen molar-refractivity contribution in [3.8, 4) is 0 Å². The fourth-order valence-electron chi connectivity index (χ4n) is 2.31. The fraction of sp³-hybridized carbons (Fsp3) is 0.250. The van der Waals surface area contributed by atoms with E-state index in [9.17, 15) is 14.9 Å². The van der Waals surface area contributed by atoms with Crippen LogP contribution in [0.5, 0.6) is 0 Å². The van der Waals surface area contributed by atoms with Gasteiger partial charge < -0.3 is 10.2 Å². The third-order valence-corrected chi connectivity index (χ3v) is 3.62. The van der Waals surface area contributed by atoms with Crippen LogP contribution < -0.4 is 5.32 Å². The number of carbonyl (C=O) groups is 1. The molecule has 0 spiro atoms. The first-order chi connectivity index (χ1) is 11.1. The van der Waals surface area contributed by atoms with Gasteiger partial charge in [0.05, 0.1) is 17.2 Å². The third-order valence-electron chi connectivity index (χ3n) is 3.62. The molecule has 0 bridgehead atoms. The number of carbonyl (C=O) groups excluding carboxylic acids is 1. The quantitative estimate of drug-likeness (QED) is 0.678. The zero-order chi connectivity index (χ0) is 16.2. The van der Waals surface area contributed by atoms with Gasteiger partial charge in [0.25, 0.3) is 5.69 Å². The topological polar surface area (TPSA) is 88.4 Å². The highest BCUT2D eigenvalue weighted by atomic mass is 16.6. The van der Waals surface area contributed by atoms with Crippen molar-refractivity contribution >= 4 is 17.4 Å². The first-order valence-electron chi connectivity index (χ1n) is 7.35. The van der Waals surface area contributed by atoms with Crippen molar-refractivity contribution in [1.29, 1.82) is 0 Å². The van der Waals surface area contributed by atoms with Crippen LogP contribution in [0, 0.1) is 10.1 Å². The van der Waals surface area contributed by atoms with Crippen LogP contribution in [0.2, 0.25) is 0 Å². The molecule has 3 rings (SSSR count). The predicted octanol–water partition coefficient (Wildman–Crippen LogP) is 3.19. The lowest BCUT2D eigenvalue weighted by atomic mass is 10.3. The van der Waals surface area contributed by atoms with Crippen LogP contribution in [0.25, 0.3) is 0 Å². The van der Waals surface area contributed by atoms with Crippen molar-refractivity contribution in [2.45, 2.75) is 25.4 Å². The second kappa shape index (κ2) is 6.43. The highest BCUT2D eigenvalue weighted by molar-refractivity contribution is 5.90. The zero-order valence-corrected chi connectivity index (χ0v) is 12.4. The summed E-state index contributed by atoms with van der Waals surface area (Å²) in [5, 5.41) is 13.5. The Morgan fingerprint density at radius 1 is 1.30 bits per heavy atom. The Balaban J connectivity index is 1.72. The molecule has 7 nitrogen and oxygen atoms in total. The van der Waals surface area contributed by atoms with Gasteiger partial charge in [-0.1, -0.05) is 12.1 Å². The maximum Gasteiger partial charge on any atom is 0.322 e. The first-order valence-corrected chi connectivity index (χ1v) is 7.35. The summed E-state index contributed by atoms with van der Waals surface area (Å²) in [7, 11) is 0. The van der Waals surface area contributed by atoms with Gasteiger partial charge in [-0.05, 0) is 31.0 Å². The number of nitrogens with one attached hydrogen (secondary N) is 1. The molecule has 2 amide bonds. The SMILES string of the molecule is O=C(Nc1cccc([N+](=O)[O-])c1)N(Cc1ccccn1)C1CC1. The number of rotatable bonds is 5. The summed E-state index contributed by atoms with van der Waals surface area (Å²) in [4.78, 5) is 28.8. The number of pyridine rings is 1. The number of hydrogen-bond acceptors (Lipinski definition) is 4. The molecular formula is C16H16N4O3. The molecule has 1 aromatic heterocycles. The molecular weight excluding hydrogens is 296 g/mol. The average Bonchev–Trinajstić information content (AvgIpc) is 3.38. The van der Waals surface area contributed by atoms with Crippen molar-refractivity contribution in [2.24, 2.45) is 0 Å². The zero-order valence-electron chi connectivity index (χ0n) is 12.4. The van der Waals surface area contributed by atoms with Gasteiger partial charge in [-0.3, -0.25) is 15.1 Å². The van der Waals surface area contributed by atoms with Gasteiger partial charge in [-0.25, -0.2) is 4.79 Å². The van der Waals surface area contributed by atoms with Crippen LogP contribution in [0.3, 0.4) is 0 Å². The number of non-ortho nitro benzene ring substituents is 1. The van der Waals surface area contributed by atoms with Gasteiger partial charge in [-0.2, -0.15) is 0 Å². The van der Waals surface area contributed by atoms with Crippen LogP contribution in [0.1, 0.15) is 18.5 Å². The molecule has 1 aliphatic carbocycles. The van der Waals surface area contributed by atoms with Gasteiger partial charge in [0.15, 0.2) is 0 Å². The standard InChI is InChI=1S/C16H16N4O3/c21-16(18-12-5-3-6-15(10-12)20(22)23)19(14-7-8-14)11-13-4-1-2-9-17-13/h1-6,9-10,14H,7-8,11H2,(H,18,21). The van der Waals surface area contributed by atoms with Gasteiger partial charge >= 0.3 is 6.03 Å². The Labute approximate surface area is 133 Å². The molecule has 0 unspecified atom stereocenters. The molecule has 1 fully saturated rings. The minimum Gasteiger partial charge on any atom is -0.316 e. The van der Waals surface area contributed by atoms with E-state index in [0.29, 0.717) is 12.2 Å². The molecule has 0 radical (unpaired) electrons. The molecule has 118 valence electrons. The average molecular weight is 312 g/mol. The van der Waals surface area contributed by atoms with Crippen LogP contribution >= 0.6 is 0 Å². The number of anilines is 1. The summed E-state index contributed by atoms with van der Waals surface area (Å²) in [5.74, 6) is 0. The molecule has 7 heteroatoms. The molecule has 0 saturated heterocycles. The molecule has 1 N–H and O–H groups in total. The lowest BCUT2D eigenvalue weighted by Crippen LogP contribution is -2.36. The van der Waals surface area contributed by atoms with E-state index >= 15 is 0 Å². The van der Waals surface area contributed by atoms with Crippen molar-refractivity contribution in [3.05, 3.63) is 64.5 Å². The number of amides is 2. The fourth-order valence-corrected chi connectivity index (χ4v) is 2.31. The second-order valence-corrected chi connectivity index (χ2v) is 5.42. The molecule has 0 atom stereocenters. The maximum atomic E-state index is 12.5. The summed E-state index contributed by atoms with van der Waals surface area (Å²) in [5.41, 5.74) is 1.18. The Bertz CT molecular complexity index is 716. The molecule has 1 heterocycles. The molecule has 23 heavy (non-hydrogen) atoms. The highest BCUT2D eigenvalue weighted by Gasteiger charge is 2.33. The second-order valence-electron chi connectivity index (χ2n) is 5.42. The summed E-state index contributed by atoms with van der Waals surface area (Å²) >= 11 is 0. The number of hydrogen-bond donors (Lipinski definition) is 1. The minimum atomic E-state index is -0.484. The third kappa shape index (κ3) is 3.82. The van der Waals surface area contributed by atoms with E-state index in [0.717, 1.165) is 18.5 Å². The summed E-state index contributed by atoms with van der Waals surface area (Å²) in [6, 6.07) is 11.4. The highest BCUT2D eigenvalue weighted by Crippen LogP contribution is 2.29. The molecule has 0 aliphatic heterocycles. The summed E-state index contributed by atoms with van der Waals surface area (Å²) in [6.45, 7) is 0.423. The van der Waals surface area contributed by atoms with E-state index in [2.05, 4.69) is 10.3 Å². The van der Waals surface area contributed by atoms with E-state index in [1.165, 1.54) is 12.1 Å². The smallest absolute Gasteiger partial charge is 0.316 e. The number of nitro groups is 1. The van der Waals surface area contributed by atoms with Crippen molar-refractivity contribution in [3.63, 3.8) is 0 Å². The Kier molecular flexibility index (Phi) is 4.18. The Hall–Kier alpha value is -2.96. The number of aromatic nitrogens is 1. The van der Waals surface area contributed by atoms with E-state index in [1.54, 1.807) is 23.2 Å². The normalized spacial score (nSPS) is 13.4. The van der Waals surface area contributed by atoms with Gasteiger partial charge in [0.2, 0.25) is 0 Å². The first kappa shape index (κ1) is 15.0. The molecule has 1 aliphatic rings. The number of nitro benzene ring substituents is 1. The number of urea groups is 1. The lowest BCUT2D eigenvalue weighted by molar-refractivity contribution is -0.384. The summed E-state index contributed by atoms with van der Waals surface area (Å²) < 4.78 is 0. The Morgan fingerprint density at radius 2 is 2.13 bits per heavy atom. The van der Waals surface area contributed by atoms with E-state index < -0.39 is 4.92 Å². The number of benzene rings is 1. The molecule has 1 aromatic carbocycles. The monoisotopic (exact) mass is 312 g/mol.